The van der Waals surface area contributed by atoms with Crippen molar-refractivity contribution in [2.75, 3.05) is 0 Å². The Kier molecular flexibility index (Phi) is 3.91. The molecule has 28 heavy (non-hydrogen) atoms. The monoisotopic (exact) mass is 386 g/mol. The molecule has 4 aromatic rings. The van der Waals surface area contributed by atoms with Gasteiger partial charge < -0.3 is 15.7 Å². The van der Waals surface area contributed by atoms with Crippen molar-refractivity contribution in [3.63, 3.8) is 0 Å². The van der Waals surface area contributed by atoms with Crippen molar-refractivity contribution < 1.29 is 18.0 Å². The number of aromatic nitrogens is 5. The second-order valence-electron chi connectivity index (χ2n) is 6.19. The molecule has 0 aliphatic heterocycles. The third-order valence-corrected chi connectivity index (χ3v) is 4.40. The number of alkyl halides is 3. The smallest absolute Gasteiger partial charge is 0.366 e. The van der Waals surface area contributed by atoms with E-state index in [4.69, 9.17) is 5.73 Å². The number of benzene rings is 1. The maximum absolute atomic E-state index is 13.2. The fraction of sp³-hybridized carbons (Fsp3) is 0.111. The molecule has 7 nitrogen and oxygen atoms in total. The predicted octanol–water partition coefficient (Wildman–Crippen LogP) is 3.44. The number of amides is 1. The molecule has 0 fully saturated rings. The number of rotatable bonds is 3. The lowest BCUT2D eigenvalue weighted by Crippen LogP contribution is -2.11. The lowest BCUT2D eigenvalue weighted by atomic mass is 9.99. The first kappa shape index (κ1) is 17.7. The minimum absolute atomic E-state index is 0.0590. The number of fused-ring (bicyclic) bond motifs is 1. The molecule has 0 unspecified atom stereocenters. The van der Waals surface area contributed by atoms with E-state index in [2.05, 4.69) is 24.9 Å². The second-order valence-corrected chi connectivity index (χ2v) is 6.19. The topological polar surface area (TPSA) is 113 Å². The summed E-state index contributed by atoms with van der Waals surface area (Å²) in [4.78, 5) is 30.1. The Labute approximate surface area is 155 Å². The highest BCUT2D eigenvalue weighted by Crippen LogP contribution is 2.36. The Hall–Kier alpha value is -3.69. The summed E-state index contributed by atoms with van der Waals surface area (Å²) in [5.41, 5.74) is 7.44. The quantitative estimate of drug-likeness (QED) is 0.500. The molecule has 0 saturated heterocycles. The SMILES string of the molecule is Cc1ccc(C(F)(F)F)cc1-c1[nH]c(-c2ncnc3nc[nH]c23)cc1C(N)=O. The van der Waals surface area contributed by atoms with Gasteiger partial charge in [0.05, 0.1) is 28.8 Å². The third-order valence-electron chi connectivity index (χ3n) is 4.40. The molecule has 0 aliphatic rings. The van der Waals surface area contributed by atoms with Crippen LogP contribution in [0.15, 0.2) is 36.9 Å². The molecule has 1 amide bonds. The number of aromatic amines is 2. The lowest BCUT2D eigenvalue weighted by Gasteiger charge is -2.11. The van der Waals surface area contributed by atoms with Crippen LogP contribution in [0.2, 0.25) is 0 Å². The van der Waals surface area contributed by atoms with E-state index in [9.17, 15) is 18.0 Å². The van der Waals surface area contributed by atoms with Gasteiger partial charge in [0.2, 0.25) is 0 Å². The molecule has 0 aliphatic carbocycles. The van der Waals surface area contributed by atoms with Crippen LogP contribution in [-0.2, 0) is 6.18 Å². The highest BCUT2D eigenvalue weighted by molar-refractivity contribution is 6.02. The molecule has 3 aromatic heterocycles. The fourth-order valence-electron chi connectivity index (χ4n) is 3.03. The molecule has 0 radical (unpaired) electrons. The third kappa shape index (κ3) is 2.88. The van der Waals surface area contributed by atoms with Gasteiger partial charge in [-0.25, -0.2) is 15.0 Å². The lowest BCUT2D eigenvalue weighted by molar-refractivity contribution is -0.137. The summed E-state index contributed by atoms with van der Waals surface area (Å²) < 4.78 is 39.5. The van der Waals surface area contributed by atoms with Crippen LogP contribution in [0.5, 0.6) is 0 Å². The highest BCUT2D eigenvalue weighted by Gasteiger charge is 2.31. The maximum Gasteiger partial charge on any atom is 0.416 e. The van der Waals surface area contributed by atoms with Crippen molar-refractivity contribution in [1.29, 1.82) is 0 Å². The summed E-state index contributed by atoms with van der Waals surface area (Å²) in [6, 6.07) is 4.79. The van der Waals surface area contributed by atoms with Gasteiger partial charge in [0, 0.05) is 5.56 Å². The van der Waals surface area contributed by atoms with Crippen LogP contribution in [0.3, 0.4) is 0 Å². The summed E-state index contributed by atoms with van der Waals surface area (Å²) in [6.07, 6.45) is -1.77. The Bertz CT molecular complexity index is 1210. The molecule has 0 atom stereocenters. The van der Waals surface area contributed by atoms with E-state index in [0.29, 0.717) is 28.1 Å². The maximum atomic E-state index is 13.2. The number of carbonyl (C=O) groups is 1. The molecule has 0 bridgehead atoms. The fourth-order valence-corrected chi connectivity index (χ4v) is 3.03. The number of nitrogens with zero attached hydrogens (tertiary/aromatic N) is 3. The Morgan fingerprint density at radius 3 is 2.64 bits per heavy atom. The summed E-state index contributed by atoms with van der Waals surface area (Å²) in [5.74, 6) is -0.774. The molecule has 0 saturated carbocycles. The van der Waals surface area contributed by atoms with Crippen molar-refractivity contribution >= 4 is 17.1 Å². The van der Waals surface area contributed by atoms with Gasteiger partial charge in [0.25, 0.3) is 5.91 Å². The molecular weight excluding hydrogens is 373 g/mol. The molecule has 0 spiro atoms. The van der Waals surface area contributed by atoms with Crippen LogP contribution in [0.1, 0.15) is 21.5 Å². The number of H-pyrrole nitrogens is 2. The molecule has 142 valence electrons. The highest BCUT2D eigenvalue weighted by atomic mass is 19.4. The number of hydrogen-bond acceptors (Lipinski definition) is 4. The van der Waals surface area contributed by atoms with Gasteiger partial charge in [-0.05, 0) is 30.7 Å². The van der Waals surface area contributed by atoms with Crippen LogP contribution in [0, 0.1) is 6.92 Å². The van der Waals surface area contributed by atoms with Crippen molar-refractivity contribution in [3.8, 4) is 22.6 Å². The summed E-state index contributed by atoms with van der Waals surface area (Å²) >= 11 is 0. The second kappa shape index (κ2) is 6.19. The average Bonchev–Trinajstić information content (AvgIpc) is 3.28. The number of nitrogens with two attached hydrogens (primary N) is 1. The number of hydrogen-bond donors (Lipinski definition) is 3. The van der Waals surface area contributed by atoms with E-state index < -0.39 is 17.6 Å². The van der Waals surface area contributed by atoms with Crippen molar-refractivity contribution in [1.82, 2.24) is 24.9 Å². The van der Waals surface area contributed by atoms with Crippen LogP contribution in [0.4, 0.5) is 13.2 Å². The summed E-state index contributed by atoms with van der Waals surface area (Å²) in [6.45, 7) is 1.65. The first-order valence-corrected chi connectivity index (χ1v) is 8.11. The number of aryl methyl sites for hydroxylation is 1. The molecule has 1 aromatic carbocycles. The molecule has 3 heterocycles. The van der Waals surface area contributed by atoms with Crippen LogP contribution >= 0.6 is 0 Å². The molecule has 4 N–H and O–H groups in total. The van der Waals surface area contributed by atoms with Crippen LogP contribution in [0.25, 0.3) is 33.8 Å². The Morgan fingerprint density at radius 2 is 1.93 bits per heavy atom. The van der Waals surface area contributed by atoms with E-state index in [1.54, 1.807) is 6.92 Å². The van der Waals surface area contributed by atoms with E-state index in [-0.39, 0.29) is 16.8 Å². The van der Waals surface area contributed by atoms with Crippen LogP contribution in [-0.4, -0.2) is 30.8 Å². The van der Waals surface area contributed by atoms with Gasteiger partial charge in [-0.3, -0.25) is 4.79 Å². The number of imidazole rings is 1. The van der Waals surface area contributed by atoms with E-state index in [1.165, 1.54) is 24.8 Å². The zero-order valence-corrected chi connectivity index (χ0v) is 14.4. The number of nitrogens with one attached hydrogen (secondary N) is 2. The first-order chi connectivity index (χ1) is 13.3. The van der Waals surface area contributed by atoms with E-state index in [0.717, 1.165) is 12.1 Å². The van der Waals surface area contributed by atoms with E-state index in [1.807, 2.05) is 0 Å². The van der Waals surface area contributed by atoms with Crippen LogP contribution < -0.4 is 5.73 Å². The standard InChI is InChI=1S/C18H13F3N6O/c1-8-2-3-9(18(19,20)21)4-10(8)13-11(16(22)28)5-12(27-13)14-15-17(25-6-23-14)26-7-24-15/h2-7,27H,1H3,(H2,22,28)(H,23,24,25,26). The van der Waals surface area contributed by atoms with Gasteiger partial charge in [0.1, 0.15) is 17.5 Å². The minimum Gasteiger partial charge on any atom is -0.366 e. The molecule has 10 heteroatoms. The Balaban J connectivity index is 1.94. The minimum atomic E-state index is -4.51. The first-order valence-electron chi connectivity index (χ1n) is 8.11. The van der Waals surface area contributed by atoms with Crippen molar-refractivity contribution in [3.05, 3.63) is 53.6 Å². The van der Waals surface area contributed by atoms with Gasteiger partial charge in [-0.1, -0.05) is 6.07 Å². The van der Waals surface area contributed by atoms with Gasteiger partial charge >= 0.3 is 6.18 Å². The van der Waals surface area contributed by atoms with Crippen molar-refractivity contribution in [2.45, 2.75) is 13.1 Å². The van der Waals surface area contributed by atoms with E-state index >= 15 is 0 Å². The molecular formula is C18H13F3N6O. The largest absolute Gasteiger partial charge is 0.416 e. The van der Waals surface area contributed by atoms with Crippen molar-refractivity contribution in [2.24, 2.45) is 5.73 Å². The zero-order valence-electron chi connectivity index (χ0n) is 14.4. The van der Waals surface area contributed by atoms with Gasteiger partial charge in [-0.2, -0.15) is 13.2 Å². The van der Waals surface area contributed by atoms with Gasteiger partial charge in [-0.15, -0.1) is 0 Å². The predicted molar refractivity (Wildman–Crippen MR) is 95.2 cm³/mol. The summed E-state index contributed by atoms with van der Waals surface area (Å²) in [7, 11) is 0. The number of primary amides is 1. The zero-order chi connectivity index (χ0) is 20.1. The number of halogens is 3. The molecule has 4 rings (SSSR count). The van der Waals surface area contributed by atoms with Gasteiger partial charge in [0.15, 0.2) is 5.65 Å². The number of carbonyl (C=O) groups excluding carboxylic acids is 1. The summed E-state index contributed by atoms with van der Waals surface area (Å²) in [5, 5.41) is 0. The average molecular weight is 386 g/mol. The normalized spacial score (nSPS) is 11.9. The Morgan fingerprint density at radius 1 is 1.14 bits per heavy atom.